The number of nitrogens with two attached hydrogens (primary N) is 1. The van der Waals surface area contributed by atoms with Crippen molar-refractivity contribution in [2.75, 3.05) is 17.3 Å². The first-order valence-electron chi connectivity index (χ1n) is 6.17. The predicted octanol–water partition coefficient (Wildman–Crippen LogP) is 2.69. The Bertz CT molecular complexity index is 682. The van der Waals surface area contributed by atoms with Crippen molar-refractivity contribution in [3.63, 3.8) is 0 Å². The third-order valence-corrected chi connectivity index (χ3v) is 4.94. The molecule has 2 rings (SSSR count). The van der Waals surface area contributed by atoms with Gasteiger partial charge in [0.15, 0.2) is 9.84 Å². The Balaban J connectivity index is 2.26. The summed E-state index contributed by atoms with van der Waals surface area (Å²) in [5.74, 6) is 0. The van der Waals surface area contributed by atoms with Gasteiger partial charge in [-0.3, -0.25) is 0 Å². The normalized spacial score (nSPS) is 13.1. The number of sulfone groups is 1. The van der Waals surface area contributed by atoms with Crippen molar-refractivity contribution < 1.29 is 8.42 Å². The van der Waals surface area contributed by atoms with Crippen LogP contribution in [0.2, 0.25) is 0 Å². The molecule has 20 heavy (non-hydrogen) atoms. The van der Waals surface area contributed by atoms with Crippen molar-refractivity contribution in [3.8, 4) is 0 Å². The topological polar surface area (TPSA) is 85.1 Å². The predicted molar refractivity (Wildman–Crippen MR) is 82.7 cm³/mol. The minimum absolute atomic E-state index is 0.0707. The molecule has 0 aliphatic rings. The number of hydrogen-bond donors (Lipinski definition) is 2. The van der Waals surface area contributed by atoms with Crippen LogP contribution in [0.25, 0.3) is 0 Å². The van der Waals surface area contributed by atoms with Crippen LogP contribution in [0, 0.1) is 0 Å². The van der Waals surface area contributed by atoms with E-state index in [0.717, 1.165) is 17.1 Å². The Kier molecular flexibility index (Phi) is 4.29. The van der Waals surface area contributed by atoms with Crippen LogP contribution in [-0.2, 0) is 9.84 Å². The highest BCUT2D eigenvalue weighted by Crippen LogP contribution is 2.29. The summed E-state index contributed by atoms with van der Waals surface area (Å²) in [6.07, 6.45) is 3.79. The second kappa shape index (κ2) is 5.80. The van der Waals surface area contributed by atoms with Crippen LogP contribution in [0.3, 0.4) is 0 Å². The fraction of sp³-hybridized carbons (Fsp3) is 0.308. The van der Waals surface area contributed by atoms with E-state index in [1.807, 2.05) is 5.38 Å². The fourth-order valence-corrected chi connectivity index (χ4v) is 3.26. The van der Waals surface area contributed by atoms with E-state index in [0.29, 0.717) is 5.69 Å². The van der Waals surface area contributed by atoms with Crippen molar-refractivity contribution in [3.05, 3.63) is 34.8 Å². The lowest BCUT2D eigenvalue weighted by Crippen LogP contribution is -2.11. The number of rotatable bonds is 5. The highest BCUT2D eigenvalue weighted by molar-refractivity contribution is 7.90. The second-order valence-electron chi connectivity index (χ2n) is 4.50. The fourth-order valence-electron chi connectivity index (χ4n) is 1.84. The summed E-state index contributed by atoms with van der Waals surface area (Å²) in [5, 5.41) is 6.22. The lowest BCUT2D eigenvalue weighted by molar-refractivity contribution is 0.602. The van der Waals surface area contributed by atoms with E-state index in [4.69, 9.17) is 5.73 Å². The SMILES string of the molecule is CCC(Nc1ccc(S(C)(=O)=O)cc1N)c1nccs1. The molecule has 0 saturated heterocycles. The first-order chi connectivity index (χ1) is 9.41. The Hall–Kier alpha value is -1.60. The van der Waals surface area contributed by atoms with E-state index in [1.165, 1.54) is 12.3 Å². The molecule has 0 saturated carbocycles. The lowest BCUT2D eigenvalue weighted by Gasteiger charge is -2.17. The first kappa shape index (κ1) is 14.8. The molecule has 5 nitrogen and oxygen atoms in total. The van der Waals surface area contributed by atoms with E-state index in [2.05, 4.69) is 17.2 Å². The van der Waals surface area contributed by atoms with Crippen molar-refractivity contribution in [1.29, 1.82) is 0 Å². The van der Waals surface area contributed by atoms with Gasteiger partial charge < -0.3 is 11.1 Å². The smallest absolute Gasteiger partial charge is 0.175 e. The van der Waals surface area contributed by atoms with E-state index >= 15 is 0 Å². The van der Waals surface area contributed by atoms with E-state index in [-0.39, 0.29) is 10.9 Å². The first-order valence-corrected chi connectivity index (χ1v) is 8.94. The standard InChI is InChI=1S/C13H17N3O2S2/c1-3-11(13-15-6-7-19-13)16-12-5-4-9(8-10(12)14)20(2,17)18/h4-8,11,16H,3,14H2,1-2H3. The van der Waals surface area contributed by atoms with Gasteiger partial charge in [-0.15, -0.1) is 11.3 Å². The van der Waals surface area contributed by atoms with Gasteiger partial charge in [0.05, 0.1) is 22.3 Å². The van der Waals surface area contributed by atoms with Crippen LogP contribution in [0.1, 0.15) is 24.4 Å². The van der Waals surface area contributed by atoms with Gasteiger partial charge in [-0.25, -0.2) is 13.4 Å². The van der Waals surface area contributed by atoms with E-state index < -0.39 is 9.84 Å². The van der Waals surface area contributed by atoms with Gasteiger partial charge in [0.1, 0.15) is 5.01 Å². The molecule has 0 fully saturated rings. The van der Waals surface area contributed by atoms with Crippen LogP contribution in [0.4, 0.5) is 11.4 Å². The molecule has 0 spiro atoms. The summed E-state index contributed by atoms with van der Waals surface area (Å²) in [4.78, 5) is 4.51. The molecule has 108 valence electrons. The summed E-state index contributed by atoms with van der Waals surface area (Å²) < 4.78 is 23.0. The molecular formula is C13H17N3O2S2. The number of aromatic nitrogens is 1. The number of anilines is 2. The summed E-state index contributed by atoms with van der Waals surface area (Å²) in [6.45, 7) is 2.06. The molecule has 0 bridgehead atoms. The summed E-state index contributed by atoms with van der Waals surface area (Å²) in [7, 11) is -3.24. The van der Waals surface area contributed by atoms with Crippen LogP contribution < -0.4 is 11.1 Å². The molecule has 2 aromatic rings. The highest BCUT2D eigenvalue weighted by atomic mass is 32.2. The van der Waals surface area contributed by atoms with Crippen molar-refractivity contribution in [2.24, 2.45) is 0 Å². The largest absolute Gasteiger partial charge is 0.397 e. The number of benzene rings is 1. The Morgan fingerprint density at radius 2 is 2.20 bits per heavy atom. The van der Waals surface area contributed by atoms with Gasteiger partial charge in [-0.2, -0.15) is 0 Å². The monoisotopic (exact) mass is 311 g/mol. The third kappa shape index (κ3) is 3.29. The molecule has 0 aliphatic heterocycles. The summed E-state index contributed by atoms with van der Waals surface area (Å²) >= 11 is 1.58. The van der Waals surface area contributed by atoms with Crippen LogP contribution in [-0.4, -0.2) is 19.7 Å². The van der Waals surface area contributed by atoms with Gasteiger partial charge in [0.2, 0.25) is 0 Å². The average molecular weight is 311 g/mol. The third-order valence-electron chi connectivity index (χ3n) is 2.94. The zero-order chi connectivity index (χ0) is 14.8. The molecule has 1 atom stereocenters. The number of thiazole rings is 1. The van der Waals surface area contributed by atoms with Crippen LogP contribution >= 0.6 is 11.3 Å². The van der Waals surface area contributed by atoms with Gasteiger partial charge >= 0.3 is 0 Å². The molecule has 1 aromatic carbocycles. The van der Waals surface area contributed by atoms with Gasteiger partial charge in [-0.05, 0) is 24.6 Å². The summed E-state index contributed by atoms with van der Waals surface area (Å²) in [5.41, 5.74) is 7.07. The number of nitrogen functional groups attached to an aromatic ring is 1. The van der Waals surface area contributed by atoms with Crippen LogP contribution in [0.5, 0.6) is 0 Å². The van der Waals surface area contributed by atoms with E-state index in [9.17, 15) is 8.42 Å². The maximum atomic E-state index is 11.5. The molecular weight excluding hydrogens is 294 g/mol. The van der Waals surface area contributed by atoms with Gasteiger partial charge in [0, 0.05) is 17.8 Å². The Morgan fingerprint density at radius 1 is 1.45 bits per heavy atom. The van der Waals surface area contributed by atoms with Crippen molar-refractivity contribution in [2.45, 2.75) is 24.3 Å². The minimum atomic E-state index is -3.24. The Labute approximate surface area is 122 Å². The molecule has 1 heterocycles. The van der Waals surface area contributed by atoms with Crippen molar-refractivity contribution in [1.82, 2.24) is 4.98 Å². The number of nitrogens with one attached hydrogen (secondary N) is 1. The van der Waals surface area contributed by atoms with E-state index in [1.54, 1.807) is 29.7 Å². The second-order valence-corrected chi connectivity index (χ2v) is 7.44. The maximum Gasteiger partial charge on any atom is 0.175 e. The van der Waals surface area contributed by atoms with Gasteiger partial charge in [0.25, 0.3) is 0 Å². The molecule has 1 aromatic heterocycles. The average Bonchev–Trinajstić information content (AvgIpc) is 2.90. The maximum absolute atomic E-state index is 11.5. The number of nitrogens with zero attached hydrogens (tertiary/aromatic N) is 1. The zero-order valence-electron chi connectivity index (χ0n) is 11.3. The van der Waals surface area contributed by atoms with Crippen LogP contribution in [0.15, 0.2) is 34.7 Å². The number of hydrogen-bond acceptors (Lipinski definition) is 6. The molecule has 0 radical (unpaired) electrons. The molecule has 0 amide bonds. The lowest BCUT2D eigenvalue weighted by atomic mass is 10.2. The molecule has 1 unspecified atom stereocenters. The quantitative estimate of drug-likeness (QED) is 0.829. The zero-order valence-corrected chi connectivity index (χ0v) is 13.0. The minimum Gasteiger partial charge on any atom is -0.397 e. The molecule has 7 heteroatoms. The molecule has 0 aliphatic carbocycles. The van der Waals surface area contributed by atoms with Gasteiger partial charge in [-0.1, -0.05) is 6.92 Å². The highest BCUT2D eigenvalue weighted by Gasteiger charge is 2.14. The molecule has 3 N–H and O–H groups in total. The van der Waals surface area contributed by atoms with Crippen molar-refractivity contribution >= 4 is 32.5 Å². The summed E-state index contributed by atoms with van der Waals surface area (Å²) in [6, 6.07) is 4.80. The Morgan fingerprint density at radius 3 is 2.70 bits per heavy atom.